The van der Waals surface area contributed by atoms with Gasteiger partial charge in [-0.25, -0.2) is 0 Å². The lowest BCUT2D eigenvalue weighted by molar-refractivity contribution is 1.11. The minimum Gasteiger partial charge on any atom is -0.399 e. The molecular formula is C15H17Cl2N3. The Labute approximate surface area is 129 Å². The number of rotatable bonds is 3. The van der Waals surface area contributed by atoms with E-state index in [9.17, 15) is 0 Å². The maximum Gasteiger partial charge on any atom is 0.0764 e. The summed E-state index contributed by atoms with van der Waals surface area (Å²) < 4.78 is 0. The molecule has 0 aliphatic carbocycles. The molecule has 0 amide bonds. The largest absolute Gasteiger partial charge is 0.399 e. The van der Waals surface area contributed by atoms with Gasteiger partial charge in [0.2, 0.25) is 0 Å². The van der Waals surface area contributed by atoms with Crippen LogP contribution in [0.15, 0.2) is 30.3 Å². The van der Waals surface area contributed by atoms with E-state index < -0.39 is 0 Å². The summed E-state index contributed by atoms with van der Waals surface area (Å²) in [7, 11) is 4.02. The normalized spacial score (nSPS) is 10.4. The molecule has 0 aliphatic heterocycles. The van der Waals surface area contributed by atoms with Crippen LogP contribution in [-0.2, 0) is 0 Å². The summed E-state index contributed by atoms with van der Waals surface area (Å²) in [5.41, 5.74) is 10.2. The minimum atomic E-state index is 0.502. The third-order valence-electron chi connectivity index (χ3n) is 3.02. The molecule has 0 aromatic heterocycles. The van der Waals surface area contributed by atoms with E-state index >= 15 is 0 Å². The number of nitrogen functional groups attached to an aromatic ring is 1. The van der Waals surface area contributed by atoms with Crippen molar-refractivity contribution in [1.82, 2.24) is 0 Å². The van der Waals surface area contributed by atoms with E-state index in [1.807, 2.05) is 20.2 Å². The maximum absolute atomic E-state index is 6.18. The summed E-state index contributed by atoms with van der Waals surface area (Å²) in [5.74, 6) is 0. The van der Waals surface area contributed by atoms with Gasteiger partial charge >= 0.3 is 0 Å². The van der Waals surface area contributed by atoms with Gasteiger partial charge in [0.25, 0.3) is 0 Å². The molecule has 0 radical (unpaired) electrons. The number of anilines is 4. The van der Waals surface area contributed by atoms with E-state index in [1.54, 1.807) is 12.1 Å². The Morgan fingerprint density at radius 3 is 2.20 bits per heavy atom. The fourth-order valence-electron chi connectivity index (χ4n) is 2.03. The minimum absolute atomic E-state index is 0.502. The lowest BCUT2D eigenvalue weighted by Crippen LogP contribution is -2.10. The molecule has 2 rings (SSSR count). The average molecular weight is 310 g/mol. The zero-order chi connectivity index (χ0) is 14.9. The zero-order valence-corrected chi connectivity index (χ0v) is 13.2. The highest BCUT2D eigenvalue weighted by atomic mass is 35.5. The summed E-state index contributed by atoms with van der Waals surface area (Å²) in [4.78, 5) is 2.06. The Kier molecular flexibility index (Phi) is 4.31. The van der Waals surface area contributed by atoms with Gasteiger partial charge < -0.3 is 16.0 Å². The number of nitrogens with one attached hydrogen (secondary N) is 1. The van der Waals surface area contributed by atoms with Gasteiger partial charge in [0.15, 0.2) is 0 Å². The van der Waals surface area contributed by atoms with Gasteiger partial charge in [0, 0.05) is 31.2 Å². The Hall–Kier alpha value is -1.58. The lowest BCUT2D eigenvalue weighted by Gasteiger charge is -2.18. The molecule has 0 saturated carbocycles. The first-order valence-electron chi connectivity index (χ1n) is 6.18. The van der Waals surface area contributed by atoms with Crippen LogP contribution in [-0.4, -0.2) is 14.1 Å². The van der Waals surface area contributed by atoms with E-state index in [1.165, 1.54) is 5.56 Å². The molecule has 106 valence electrons. The Morgan fingerprint density at radius 2 is 1.65 bits per heavy atom. The van der Waals surface area contributed by atoms with Gasteiger partial charge in [-0.05, 0) is 36.8 Å². The smallest absolute Gasteiger partial charge is 0.0764 e. The standard InChI is InChI=1S/C15H17Cl2N3/c1-9-4-5-11(8-14(9)20(2)3)19-15-12(16)6-10(18)7-13(15)17/h4-8,19H,18H2,1-3H3. The van der Waals surface area contributed by atoms with Gasteiger partial charge in [-0.1, -0.05) is 29.3 Å². The lowest BCUT2D eigenvalue weighted by atomic mass is 10.1. The Bertz CT molecular complexity index is 616. The first-order valence-corrected chi connectivity index (χ1v) is 6.93. The van der Waals surface area contributed by atoms with Crippen molar-refractivity contribution in [3.8, 4) is 0 Å². The molecule has 0 heterocycles. The number of hydrogen-bond acceptors (Lipinski definition) is 3. The molecule has 0 unspecified atom stereocenters. The fourth-order valence-corrected chi connectivity index (χ4v) is 2.62. The van der Waals surface area contributed by atoms with Gasteiger partial charge in [-0.2, -0.15) is 0 Å². The molecule has 0 aliphatic rings. The molecule has 3 nitrogen and oxygen atoms in total. The van der Waals surface area contributed by atoms with Crippen molar-refractivity contribution < 1.29 is 0 Å². The highest BCUT2D eigenvalue weighted by Gasteiger charge is 2.09. The van der Waals surface area contributed by atoms with Crippen LogP contribution < -0.4 is 16.0 Å². The van der Waals surface area contributed by atoms with Crippen LogP contribution in [0.2, 0.25) is 10.0 Å². The zero-order valence-electron chi connectivity index (χ0n) is 11.7. The molecule has 0 bridgehead atoms. The second kappa shape index (κ2) is 5.81. The summed E-state index contributed by atoms with van der Waals surface area (Å²) in [5, 5.41) is 4.25. The van der Waals surface area contributed by atoms with Gasteiger partial charge in [-0.15, -0.1) is 0 Å². The third kappa shape index (κ3) is 3.11. The average Bonchev–Trinajstić information content (AvgIpc) is 2.35. The molecular weight excluding hydrogens is 293 g/mol. The van der Waals surface area contributed by atoms with Gasteiger partial charge in [0.05, 0.1) is 15.7 Å². The first-order chi connectivity index (χ1) is 9.38. The summed E-state index contributed by atoms with van der Waals surface area (Å²) >= 11 is 12.4. The second-order valence-corrected chi connectivity index (χ2v) is 5.69. The van der Waals surface area contributed by atoms with Crippen molar-refractivity contribution in [2.24, 2.45) is 0 Å². The number of nitrogens with two attached hydrogens (primary N) is 1. The Morgan fingerprint density at radius 1 is 1.05 bits per heavy atom. The van der Waals surface area contributed by atoms with Crippen LogP contribution in [0.4, 0.5) is 22.7 Å². The SMILES string of the molecule is Cc1ccc(Nc2c(Cl)cc(N)cc2Cl)cc1N(C)C. The summed E-state index contributed by atoms with van der Waals surface area (Å²) in [6, 6.07) is 9.45. The highest BCUT2D eigenvalue weighted by Crippen LogP contribution is 2.36. The van der Waals surface area contributed by atoms with Crippen molar-refractivity contribution in [1.29, 1.82) is 0 Å². The molecule has 0 fully saturated rings. The number of aryl methyl sites for hydroxylation is 1. The monoisotopic (exact) mass is 309 g/mol. The molecule has 0 saturated heterocycles. The van der Waals surface area contributed by atoms with Crippen LogP contribution in [0.1, 0.15) is 5.56 Å². The van der Waals surface area contributed by atoms with Crippen molar-refractivity contribution in [2.75, 3.05) is 30.0 Å². The molecule has 5 heteroatoms. The van der Waals surface area contributed by atoms with Crippen LogP contribution in [0.25, 0.3) is 0 Å². The maximum atomic E-state index is 6.18. The number of halogens is 2. The van der Waals surface area contributed by atoms with E-state index in [0.29, 0.717) is 21.4 Å². The predicted molar refractivity (Wildman–Crippen MR) is 89.7 cm³/mol. The second-order valence-electron chi connectivity index (χ2n) is 4.88. The van der Waals surface area contributed by atoms with Crippen molar-refractivity contribution in [2.45, 2.75) is 6.92 Å². The van der Waals surface area contributed by atoms with E-state index in [0.717, 1.165) is 11.4 Å². The number of hydrogen-bond donors (Lipinski definition) is 2. The fraction of sp³-hybridized carbons (Fsp3) is 0.200. The highest BCUT2D eigenvalue weighted by molar-refractivity contribution is 6.39. The molecule has 20 heavy (non-hydrogen) atoms. The number of benzene rings is 2. The van der Waals surface area contributed by atoms with E-state index in [4.69, 9.17) is 28.9 Å². The van der Waals surface area contributed by atoms with Crippen LogP contribution in [0.3, 0.4) is 0 Å². The molecule has 3 N–H and O–H groups in total. The molecule has 0 atom stereocenters. The predicted octanol–water partition coefficient (Wildman–Crippen LogP) is 4.69. The third-order valence-corrected chi connectivity index (χ3v) is 3.62. The molecule has 2 aromatic carbocycles. The van der Waals surface area contributed by atoms with E-state index in [-0.39, 0.29) is 0 Å². The topological polar surface area (TPSA) is 41.3 Å². The summed E-state index contributed by atoms with van der Waals surface area (Å²) in [6.07, 6.45) is 0. The van der Waals surface area contributed by atoms with Gasteiger partial charge in [-0.3, -0.25) is 0 Å². The van der Waals surface area contributed by atoms with Gasteiger partial charge in [0.1, 0.15) is 0 Å². The van der Waals surface area contributed by atoms with Crippen LogP contribution >= 0.6 is 23.2 Å². The van der Waals surface area contributed by atoms with Crippen molar-refractivity contribution in [3.05, 3.63) is 45.9 Å². The van der Waals surface area contributed by atoms with E-state index in [2.05, 4.69) is 29.3 Å². The molecule has 2 aromatic rings. The first kappa shape index (κ1) is 14.8. The quantitative estimate of drug-likeness (QED) is 0.808. The number of nitrogens with zero attached hydrogens (tertiary/aromatic N) is 1. The Balaban J connectivity index is 2.38. The van der Waals surface area contributed by atoms with Crippen molar-refractivity contribution >= 4 is 46.0 Å². The summed E-state index contributed by atoms with van der Waals surface area (Å²) in [6.45, 7) is 2.07. The van der Waals surface area contributed by atoms with Crippen LogP contribution in [0.5, 0.6) is 0 Å². The van der Waals surface area contributed by atoms with Crippen molar-refractivity contribution in [3.63, 3.8) is 0 Å². The van der Waals surface area contributed by atoms with Crippen LogP contribution in [0, 0.1) is 6.92 Å². The molecule has 0 spiro atoms.